The minimum atomic E-state index is -0.386. The first-order valence-corrected chi connectivity index (χ1v) is 7.13. The second kappa shape index (κ2) is 6.81. The lowest BCUT2D eigenvalue weighted by Crippen LogP contribution is -2.48. The number of carbonyl (C=O) groups is 1. The molecule has 0 aliphatic carbocycles. The van der Waals surface area contributed by atoms with Crippen molar-refractivity contribution in [2.45, 2.75) is 19.9 Å². The standard InChI is InChI=1S/C15H23N3O2/c1-4-20-15(19)14(13-11-12(2)5-6-16-13)18-9-7-17(3)8-10-18/h5-6,11,14H,4,7-10H2,1-3H3. The Hall–Kier alpha value is -1.46. The van der Waals surface area contributed by atoms with Gasteiger partial charge < -0.3 is 9.64 Å². The molecule has 0 spiro atoms. The molecule has 1 aliphatic heterocycles. The van der Waals surface area contributed by atoms with Crippen molar-refractivity contribution in [3.8, 4) is 0 Å². The number of hydrogen-bond donors (Lipinski definition) is 0. The molecular formula is C15H23N3O2. The smallest absolute Gasteiger partial charge is 0.329 e. The molecule has 110 valence electrons. The third-order valence-electron chi connectivity index (χ3n) is 3.63. The minimum absolute atomic E-state index is 0.199. The predicted octanol–water partition coefficient (Wildman–Crippen LogP) is 1.24. The van der Waals surface area contributed by atoms with E-state index in [2.05, 4.69) is 21.8 Å². The van der Waals surface area contributed by atoms with E-state index in [1.807, 2.05) is 26.0 Å². The summed E-state index contributed by atoms with van der Waals surface area (Å²) in [4.78, 5) is 21.1. The van der Waals surface area contributed by atoms with Crippen LogP contribution in [0.2, 0.25) is 0 Å². The highest BCUT2D eigenvalue weighted by atomic mass is 16.5. The molecule has 5 heteroatoms. The maximum Gasteiger partial charge on any atom is 0.329 e. The molecule has 1 atom stereocenters. The third-order valence-corrected chi connectivity index (χ3v) is 3.63. The molecule has 0 N–H and O–H groups in total. The van der Waals surface area contributed by atoms with Crippen LogP contribution in [-0.2, 0) is 9.53 Å². The topological polar surface area (TPSA) is 45.7 Å². The fourth-order valence-corrected chi connectivity index (χ4v) is 2.47. The number of likely N-dealkylation sites (N-methyl/N-ethyl adjacent to an activating group) is 1. The van der Waals surface area contributed by atoms with E-state index in [1.165, 1.54) is 0 Å². The summed E-state index contributed by atoms with van der Waals surface area (Å²) in [7, 11) is 2.10. The van der Waals surface area contributed by atoms with E-state index in [-0.39, 0.29) is 12.0 Å². The van der Waals surface area contributed by atoms with E-state index in [9.17, 15) is 4.79 Å². The average molecular weight is 277 g/mol. The van der Waals surface area contributed by atoms with Crippen LogP contribution < -0.4 is 0 Å². The molecule has 2 heterocycles. The minimum Gasteiger partial charge on any atom is -0.465 e. The van der Waals surface area contributed by atoms with Crippen LogP contribution in [0.4, 0.5) is 0 Å². The zero-order chi connectivity index (χ0) is 14.5. The van der Waals surface area contributed by atoms with E-state index in [0.29, 0.717) is 6.61 Å². The summed E-state index contributed by atoms with van der Waals surface area (Å²) in [5.74, 6) is -0.199. The van der Waals surface area contributed by atoms with Crippen LogP contribution in [0.1, 0.15) is 24.2 Å². The van der Waals surface area contributed by atoms with Gasteiger partial charge in [0.2, 0.25) is 0 Å². The molecule has 0 aromatic carbocycles. The van der Waals surface area contributed by atoms with Gasteiger partial charge in [0.25, 0.3) is 0 Å². The summed E-state index contributed by atoms with van der Waals surface area (Å²) < 4.78 is 5.24. The highest BCUT2D eigenvalue weighted by Crippen LogP contribution is 2.22. The van der Waals surface area contributed by atoms with Crippen molar-refractivity contribution < 1.29 is 9.53 Å². The first-order chi connectivity index (χ1) is 9.61. The average Bonchev–Trinajstić information content (AvgIpc) is 2.42. The van der Waals surface area contributed by atoms with Crippen LogP contribution in [0.5, 0.6) is 0 Å². The summed E-state index contributed by atoms with van der Waals surface area (Å²) in [6, 6.07) is 3.53. The maximum absolute atomic E-state index is 12.3. The lowest BCUT2D eigenvalue weighted by Gasteiger charge is -2.36. The van der Waals surface area contributed by atoms with Gasteiger partial charge in [0.05, 0.1) is 12.3 Å². The van der Waals surface area contributed by atoms with Crippen LogP contribution in [0, 0.1) is 6.92 Å². The first kappa shape index (κ1) is 14.9. The number of rotatable bonds is 4. The molecule has 5 nitrogen and oxygen atoms in total. The van der Waals surface area contributed by atoms with Gasteiger partial charge in [0.15, 0.2) is 6.04 Å². The molecule has 0 saturated carbocycles. The van der Waals surface area contributed by atoms with Crippen molar-refractivity contribution in [2.24, 2.45) is 0 Å². The van der Waals surface area contributed by atoms with Gasteiger partial charge in [-0.1, -0.05) is 0 Å². The van der Waals surface area contributed by atoms with Gasteiger partial charge in [-0.25, -0.2) is 4.79 Å². The lowest BCUT2D eigenvalue weighted by molar-refractivity contribution is -0.150. The number of carbonyl (C=O) groups excluding carboxylic acids is 1. The van der Waals surface area contributed by atoms with Crippen LogP contribution in [0.25, 0.3) is 0 Å². The van der Waals surface area contributed by atoms with Gasteiger partial charge in [-0.15, -0.1) is 0 Å². The van der Waals surface area contributed by atoms with Gasteiger partial charge in [-0.2, -0.15) is 0 Å². The number of nitrogens with zero attached hydrogens (tertiary/aromatic N) is 3. The van der Waals surface area contributed by atoms with Gasteiger partial charge in [0.1, 0.15) is 0 Å². The van der Waals surface area contributed by atoms with Gasteiger partial charge >= 0.3 is 5.97 Å². The Morgan fingerprint density at radius 1 is 1.40 bits per heavy atom. The lowest BCUT2D eigenvalue weighted by atomic mass is 10.1. The highest BCUT2D eigenvalue weighted by molar-refractivity contribution is 5.77. The number of pyridine rings is 1. The number of piperazine rings is 1. The van der Waals surface area contributed by atoms with Crippen LogP contribution >= 0.6 is 0 Å². The van der Waals surface area contributed by atoms with E-state index in [4.69, 9.17) is 4.74 Å². The van der Waals surface area contributed by atoms with Crippen molar-refractivity contribution >= 4 is 5.97 Å². The zero-order valence-corrected chi connectivity index (χ0v) is 12.5. The molecule has 0 amide bonds. The fourth-order valence-electron chi connectivity index (χ4n) is 2.47. The van der Waals surface area contributed by atoms with Gasteiger partial charge in [-0.3, -0.25) is 9.88 Å². The molecule has 1 unspecified atom stereocenters. The van der Waals surface area contributed by atoms with Crippen molar-refractivity contribution in [1.82, 2.24) is 14.8 Å². The molecule has 1 fully saturated rings. The van der Waals surface area contributed by atoms with E-state index in [1.54, 1.807) is 6.20 Å². The zero-order valence-electron chi connectivity index (χ0n) is 12.5. The Morgan fingerprint density at radius 3 is 2.70 bits per heavy atom. The summed E-state index contributed by atoms with van der Waals surface area (Å²) >= 11 is 0. The molecule has 1 aromatic rings. The molecule has 1 aromatic heterocycles. The number of aryl methyl sites for hydroxylation is 1. The molecule has 0 radical (unpaired) electrons. The maximum atomic E-state index is 12.3. The molecule has 20 heavy (non-hydrogen) atoms. The molecule has 2 rings (SSSR count). The van der Waals surface area contributed by atoms with Crippen LogP contribution in [0.3, 0.4) is 0 Å². The van der Waals surface area contributed by atoms with Crippen molar-refractivity contribution in [2.75, 3.05) is 39.8 Å². The molecule has 0 bridgehead atoms. The highest BCUT2D eigenvalue weighted by Gasteiger charge is 2.31. The SMILES string of the molecule is CCOC(=O)C(c1cc(C)ccn1)N1CCN(C)CC1. The summed E-state index contributed by atoms with van der Waals surface area (Å²) in [6.45, 7) is 7.88. The quantitative estimate of drug-likeness (QED) is 0.775. The van der Waals surface area contributed by atoms with Gasteiger partial charge in [-0.05, 0) is 38.6 Å². The first-order valence-electron chi connectivity index (χ1n) is 7.13. The van der Waals surface area contributed by atoms with Crippen molar-refractivity contribution in [1.29, 1.82) is 0 Å². The predicted molar refractivity (Wildman–Crippen MR) is 77.4 cm³/mol. The third kappa shape index (κ3) is 3.55. The fraction of sp³-hybridized carbons (Fsp3) is 0.600. The van der Waals surface area contributed by atoms with Gasteiger partial charge in [0, 0.05) is 32.4 Å². The van der Waals surface area contributed by atoms with Crippen LogP contribution in [0.15, 0.2) is 18.3 Å². The summed E-state index contributed by atoms with van der Waals surface area (Å²) in [6.07, 6.45) is 1.76. The number of aromatic nitrogens is 1. The largest absolute Gasteiger partial charge is 0.465 e. The summed E-state index contributed by atoms with van der Waals surface area (Å²) in [5.41, 5.74) is 1.89. The van der Waals surface area contributed by atoms with Crippen molar-refractivity contribution in [3.63, 3.8) is 0 Å². The van der Waals surface area contributed by atoms with E-state index < -0.39 is 0 Å². The molecular weight excluding hydrogens is 254 g/mol. The number of ether oxygens (including phenoxy) is 1. The second-order valence-corrected chi connectivity index (χ2v) is 5.25. The van der Waals surface area contributed by atoms with E-state index >= 15 is 0 Å². The van der Waals surface area contributed by atoms with E-state index in [0.717, 1.165) is 37.4 Å². The Kier molecular flexibility index (Phi) is 5.09. The Morgan fingerprint density at radius 2 is 2.10 bits per heavy atom. The van der Waals surface area contributed by atoms with Crippen molar-refractivity contribution in [3.05, 3.63) is 29.6 Å². The molecule has 1 aliphatic rings. The summed E-state index contributed by atoms with van der Waals surface area (Å²) in [5, 5.41) is 0. The monoisotopic (exact) mass is 277 g/mol. The number of hydrogen-bond acceptors (Lipinski definition) is 5. The Bertz CT molecular complexity index is 456. The Balaban J connectivity index is 2.22. The van der Waals surface area contributed by atoms with Crippen LogP contribution in [-0.4, -0.2) is 60.6 Å². The number of esters is 1. The Labute approximate surface area is 120 Å². The second-order valence-electron chi connectivity index (χ2n) is 5.25. The normalized spacial score (nSPS) is 18.8. The molecule has 1 saturated heterocycles.